The quantitative estimate of drug-likeness (QED) is 0.844. The molecule has 1 saturated heterocycles. The van der Waals surface area contributed by atoms with Gasteiger partial charge in [0.2, 0.25) is 0 Å². The summed E-state index contributed by atoms with van der Waals surface area (Å²) in [7, 11) is 0. The second-order valence-electron chi connectivity index (χ2n) is 5.55. The summed E-state index contributed by atoms with van der Waals surface area (Å²) in [6, 6.07) is 9.13. The SMILES string of the molecule is C[C@@H]1OC(=O)[C@@H](N)CCC[C@H](C)[C@H]1Oc1ccccc1. The summed E-state index contributed by atoms with van der Waals surface area (Å²) in [6.45, 7) is 4.01. The van der Waals surface area contributed by atoms with Crippen LogP contribution in [0.15, 0.2) is 30.3 Å². The first-order chi connectivity index (χ1) is 9.58. The topological polar surface area (TPSA) is 61.5 Å². The van der Waals surface area contributed by atoms with Gasteiger partial charge < -0.3 is 15.2 Å². The summed E-state index contributed by atoms with van der Waals surface area (Å²) in [6.07, 6.45) is 2.12. The number of esters is 1. The monoisotopic (exact) mass is 277 g/mol. The molecular formula is C16H23NO3. The summed E-state index contributed by atoms with van der Waals surface area (Å²) >= 11 is 0. The molecule has 1 aromatic carbocycles. The van der Waals surface area contributed by atoms with Crippen molar-refractivity contribution in [1.82, 2.24) is 0 Å². The van der Waals surface area contributed by atoms with Gasteiger partial charge >= 0.3 is 5.97 Å². The third-order valence-corrected chi connectivity index (χ3v) is 3.82. The number of para-hydroxylation sites is 1. The Morgan fingerprint density at radius 3 is 2.60 bits per heavy atom. The number of nitrogens with two attached hydrogens (primary N) is 1. The lowest BCUT2D eigenvalue weighted by atomic mass is 9.94. The van der Waals surface area contributed by atoms with E-state index >= 15 is 0 Å². The van der Waals surface area contributed by atoms with Crippen LogP contribution in [0.25, 0.3) is 0 Å². The van der Waals surface area contributed by atoms with Gasteiger partial charge in [-0.3, -0.25) is 4.79 Å². The van der Waals surface area contributed by atoms with Gasteiger partial charge in [-0.1, -0.05) is 31.5 Å². The Morgan fingerprint density at radius 1 is 1.20 bits per heavy atom. The highest BCUT2D eigenvalue weighted by Crippen LogP contribution is 2.25. The van der Waals surface area contributed by atoms with E-state index in [4.69, 9.17) is 15.2 Å². The van der Waals surface area contributed by atoms with Crippen LogP contribution in [0.5, 0.6) is 5.75 Å². The number of hydrogen-bond acceptors (Lipinski definition) is 4. The van der Waals surface area contributed by atoms with E-state index in [-0.39, 0.29) is 18.2 Å². The second-order valence-corrected chi connectivity index (χ2v) is 5.55. The standard InChI is InChI=1S/C16H23NO3/c1-11-7-6-10-14(17)16(18)19-12(2)15(11)20-13-8-4-3-5-9-13/h3-5,8-9,11-12,14-15H,6-7,10,17H2,1-2H3/t11-,12-,14-,15+/m0/s1. The van der Waals surface area contributed by atoms with E-state index in [1.54, 1.807) is 0 Å². The van der Waals surface area contributed by atoms with E-state index in [2.05, 4.69) is 6.92 Å². The number of hydrogen-bond donors (Lipinski definition) is 1. The van der Waals surface area contributed by atoms with Crippen molar-refractivity contribution in [1.29, 1.82) is 0 Å². The Balaban J connectivity index is 2.12. The molecule has 4 nitrogen and oxygen atoms in total. The normalized spacial score (nSPS) is 31.6. The van der Waals surface area contributed by atoms with Crippen molar-refractivity contribution in [3.8, 4) is 5.75 Å². The summed E-state index contributed by atoms with van der Waals surface area (Å²) in [5.41, 5.74) is 5.81. The molecule has 0 aliphatic carbocycles. The lowest BCUT2D eigenvalue weighted by molar-refractivity contribution is -0.155. The van der Waals surface area contributed by atoms with Crippen LogP contribution in [0.3, 0.4) is 0 Å². The lowest BCUT2D eigenvalue weighted by Crippen LogP contribution is -2.41. The van der Waals surface area contributed by atoms with Gasteiger partial charge in [0.15, 0.2) is 0 Å². The fourth-order valence-corrected chi connectivity index (χ4v) is 2.61. The van der Waals surface area contributed by atoms with Crippen molar-refractivity contribution in [2.75, 3.05) is 0 Å². The largest absolute Gasteiger partial charge is 0.486 e. The molecule has 0 bridgehead atoms. The molecule has 4 heteroatoms. The molecule has 0 aromatic heterocycles. The zero-order valence-corrected chi connectivity index (χ0v) is 12.1. The first-order valence-electron chi connectivity index (χ1n) is 7.25. The van der Waals surface area contributed by atoms with E-state index in [0.717, 1.165) is 18.6 Å². The van der Waals surface area contributed by atoms with Gasteiger partial charge in [-0.2, -0.15) is 0 Å². The Hall–Kier alpha value is -1.55. The smallest absolute Gasteiger partial charge is 0.323 e. The summed E-state index contributed by atoms with van der Waals surface area (Å²) in [5, 5.41) is 0. The van der Waals surface area contributed by atoms with Gasteiger partial charge in [-0.15, -0.1) is 0 Å². The minimum atomic E-state index is -0.514. The number of ether oxygens (including phenoxy) is 2. The fourth-order valence-electron chi connectivity index (χ4n) is 2.61. The van der Waals surface area contributed by atoms with Crippen molar-refractivity contribution >= 4 is 5.97 Å². The van der Waals surface area contributed by atoms with E-state index in [1.165, 1.54) is 0 Å². The van der Waals surface area contributed by atoms with Crippen molar-refractivity contribution < 1.29 is 14.3 Å². The van der Waals surface area contributed by atoms with Crippen LogP contribution < -0.4 is 10.5 Å². The van der Waals surface area contributed by atoms with Crippen molar-refractivity contribution in [2.45, 2.75) is 51.4 Å². The van der Waals surface area contributed by atoms with Crippen LogP contribution >= 0.6 is 0 Å². The molecule has 1 aromatic rings. The maximum atomic E-state index is 11.8. The molecule has 0 unspecified atom stereocenters. The number of carbonyl (C=O) groups is 1. The van der Waals surface area contributed by atoms with Crippen molar-refractivity contribution in [3.63, 3.8) is 0 Å². The Bertz CT molecular complexity index is 435. The van der Waals surface area contributed by atoms with E-state index < -0.39 is 6.04 Å². The molecular weight excluding hydrogens is 254 g/mol. The molecule has 1 aliphatic heterocycles. The average molecular weight is 277 g/mol. The average Bonchev–Trinajstić information content (AvgIpc) is 2.48. The van der Waals surface area contributed by atoms with Gasteiger partial charge in [-0.25, -0.2) is 0 Å². The molecule has 2 rings (SSSR count). The molecule has 0 saturated carbocycles. The van der Waals surface area contributed by atoms with Crippen molar-refractivity contribution in [3.05, 3.63) is 30.3 Å². The predicted octanol–water partition coefficient (Wildman–Crippen LogP) is 2.51. The maximum absolute atomic E-state index is 11.8. The molecule has 110 valence electrons. The Labute approximate surface area is 120 Å². The van der Waals surface area contributed by atoms with Gasteiger partial charge in [0.1, 0.15) is 24.0 Å². The molecule has 1 fully saturated rings. The first kappa shape index (κ1) is 14.9. The molecule has 1 heterocycles. The highest BCUT2D eigenvalue weighted by Gasteiger charge is 2.31. The highest BCUT2D eigenvalue weighted by molar-refractivity contribution is 5.75. The van der Waals surface area contributed by atoms with E-state index in [9.17, 15) is 4.79 Å². The molecule has 20 heavy (non-hydrogen) atoms. The zero-order chi connectivity index (χ0) is 14.5. The van der Waals surface area contributed by atoms with Crippen LogP contribution in [0.4, 0.5) is 0 Å². The number of benzene rings is 1. The van der Waals surface area contributed by atoms with Gasteiger partial charge in [0, 0.05) is 0 Å². The highest BCUT2D eigenvalue weighted by atomic mass is 16.6. The summed E-state index contributed by atoms with van der Waals surface area (Å²) < 4.78 is 11.5. The maximum Gasteiger partial charge on any atom is 0.323 e. The predicted molar refractivity (Wildman–Crippen MR) is 77.4 cm³/mol. The van der Waals surface area contributed by atoms with Gasteiger partial charge in [0.25, 0.3) is 0 Å². The minimum absolute atomic E-state index is 0.147. The summed E-state index contributed by atoms with van der Waals surface area (Å²) in [5.74, 6) is 0.785. The summed E-state index contributed by atoms with van der Waals surface area (Å²) in [4.78, 5) is 11.8. The lowest BCUT2D eigenvalue weighted by Gasteiger charge is -2.29. The second kappa shape index (κ2) is 6.75. The molecule has 2 N–H and O–H groups in total. The molecule has 0 amide bonds. The fraction of sp³-hybridized carbons (Fsp3) is 0.562. The number of rotatable bonds is 2. The first-order valence-corrected chi connectivity index (χ1v) is 7.25. The number of carbonyl (C=O) groups excluding carboxylic acids is 1. The van der Waals surface area contributed by atoms with Gasteiger partial charge in [0.05, 0.1) is 0 Å². The van der Waals surface area contributed by atoms with E-state index in [0.29, 0.717) is 12.3 Å². The molecule has 4 atom stereocenters. The third-order valence-electron chi connectivity index (χ3n) is 3.82. The van der Waals surface area contributed by atoms with Crippen LogP contribution in [0.2, 0.25) is 0 Å². The zero-order valence-electron chi connectivity index (χ0n) is 12.1. The van der Waals surface area contributed by atoms with Gasteiger partial charge in [-0.05, 0) is 37.8 Å². The van der Waals surface area contributed by atoms with Crippen LogP contribution in [0, 0.1) is 5.92 Å². The number of cyclic esters (lactones) is 1. The Kier molecular flexibility index (Phi) is 5.01. The van der Waals surface area contributed by atoms with E-state index in [1.807, 2.05) is 37.3 Å². The molecule has 0 spiro atoms. The van der Waals surface area contributed by atoms with Crippen LogP contribution in [0.1, 0.15) is 33.1 Å². The van der Waals surface area contributed by atoms with Crippen molar-refractivity contribution in [2.24, 2.45) is 11.7 Å². The van der Waals surface area contributed by atoms with Crippen LogP contribution in [-0.2, 0) is 9.53 Å². The molecule has 0 radical (unpaired) electrons. The third kappa shape index (κ3) is 3.73. The minimum Gasteiger partial charge on any atom is -0.486 e. The van der Waals surface area contributed by atoms with Crippen LogP contribution in [-0.4, -0.2) is 24.2 Å². The molecule has 1 aliphatic rings. The Morgan fingerprint density at radius 2 is 1.90 bits per heavy atom.